The highest BCUT2D eigenvalue weighted by atomic mass is 16.3. The number of hydrogen-bond acceptors (Lipinski definition) is 3. The van der Waals surface area contributed by atoms with Crippen LogP contribution in [0.3, 0.4) is 0 Å². The van der Waals surface area contributed by atoms with E-state index in [4.69, 9.17) is 10.2 Å². The number of furan rings is 1. The van der Waals surface area contributed by atoms with E-state index in [0.717, 1.165) is 16.5 Å². The summed E-state index contributed by atoms with van der Waals surface area (Å²) in [5.74, 6) is -0.0715. The van der Waals surface area contributed by atoms with Crippen molar-refractivity contribution >= 4 is 16.9 Å². The molecular weight excluding hydrogens is 204 g/mol. The van der Waals surface area contributed by atoms with Gasteiger partial charge in [-0.2, -0.15) is 0 Å². The lowest BCUT2D eigenvalue weighted by atomic mass is 10.0. The first-order valence-corrected chi connectivity index (χ1v) is 5.14. The van der Waals surface area contributed by atoms with Gasteiger partial charge >= 0.3 is 0 Å². The Balaban J connectivity index is 2.29. The zero-order chi connectivity index (χ0) is 11.5. The van der Waals surface area contributed by atoms with Crippen molar-refractivity contribution in [1.29, 1.82) is 0 Å². The zero-order valence-corrected chi connectivity index (χ0v) is 9.07. The number of carbonyl (C=O) groups is 1. The van der Waals surface area contributed by atoms with Crippen molar-refractivity contribution in [3.63, 3.8) is 0 Å². The Morgan fingerprint density at radius 2 is 2.25 bits per heavy atom. The maximum absolute atomic E-state index is 11.2. The largest absolute Gasteiger partial charge is 0.464 e. The van der Waals surface area contributed by atoms with Gasteiger partial charge in [0.15, 0.2) is 0 Å². The molecule has 1 atom stereocenters. The van der Waals surface area contributed by atoms with Crippen LogP contribution in [-0.2, 0) is 4.79 Å². The van der Waals surface area contributed by atoms with Crippen LogP contribution in [-0.4, -0.2) is 13.0 Å². The standard InChI is InChI=1S/C12H14N2O2/c1-14-12(15)6-10(13)9-7-16-11-5-3-2-4-8(9)11/h2-5,7,10H,6,13H2,1H3,(H,14,15). The summed E-state index contributed by atoms with van der Waals surface area (Å²) >= 11 is 0. The first kappa shape index (κ1) is 10.7. The molecule has 1 aromatic heterocycles. The van der Waals surface area contributed by atoms with Gasteiger partial charge in [0, 0.05) is 30.5 Å². The van der Waals surface area contributed by atoms with Crippen LogP contribution >= 0.6 is 0 Å². The van der Waals surface area contributed by atoms with Crippen molar-refractivity contribution in [2.75, 3.05) is 7.05 Å². The molecule has 16 heavy (non-hydrogen) atoms. The second kappa shape index (κ2) is 4.37. The third kappa shape index (κ3) is 1.92. The van der Waals surface area contributed by atoms with Crippen LogP contribution in [0.4, 0.5) is 0 Å². The van der Waals surface area contributed by atoms with E-state index in [9.17, 15) is 4.79 Å². The minimum atomic E-state index is -0.330. The van der Waals surface area contributed by atoms with Gasteiger partial charge in [-0.25, -0.2) is 0 Å². The summed E-state index contributed by atoms with van der Waals surface area (Å²) in [4.78, 5) is 11.2. The number of rotatable bonds is 3. The quantitative estimate of drug-likeness (QED) is 0.821. The monoisotopic (exact) mass is 218 g/mol. The lowest BCUT2D eigenvalue weighted by molar-refractivity contribution is -0.120. The molecule has 0 spiro atoms. The SMILES string of the molecule is CNC(=O)CC(N)c1coc2ccccc12. The van der Waals surface area contributed by atoms with Gasteiger partial charge in [-0.05, 0) is 6.07 Å². The van der Waals surface area contributed by atoms with E-state index in [1.807, 2.05) is 24.3 Å². The fraction of sp³-hybridized carbons (Fsp3) is 0.250. The highest BCUT2D eigenvalue weighted by Gasteiger charge is 2.15. The Morgan fingerprint density at radius 1 is 1.50 bits per heavy atom. The number of nitrogens with one attached hydrogen (secondary N) is 1. The second-order valence-corrected chi connectivity index (χ2v) is 3.67. The summed E-state index contributed by atoms with van der Waals surface area (Å²) in [7, 11) is 1.60. The number of carbonyl (C=O) groups excluding carboxylic acids is 1. The lowest BCUT2D eigenvalue weighted by Crippen LogP contribution is -2.23. The summed E-state index contributed by atoms with van der Waals surface area (Å²) < 4.78 is 5.37. The van der Waals surface area contributed by atoms with Crippen molar-refractivity contribution in [3.05, 3.63) is 36.1 Å². The van der Waals surface area contributed by atoms with Gasteiger partial charge in [-0.1, -0.05) is 18.2 Å². The van der Waals surface area contributed by atoms with Gasteiger partial charge in [0.2, 0.25) is 5.91 Å². The summed E-state index contributed by atoms with van der Waals surface area (Å²) in [5.41, 5.74) is 7.63. The van der Waals surface area contributed by atoms with Gasteiger partial charge in [-0.3, -0.25) is 4.79 Å². The van der Waals surface area contributed by atoms with Gasteiger partial charge < -0.3 is 15.5 Å². The number of benzene rings is 1. The molecule has 1 amide bonds. The predicted molar refractivity (Wildman–Crippen MR) is 61.8 cm³/mol. The molecule has 0 bridgehead atoms. The minimum Gasteiger partial charge on any atom is -0.464 e. The highest BCUT2D eigenvalue weighted by molar-refractivity contribution is 5.83. The topological polar surface area (TPSA) is 68.3 Å². The molecule has 4 nitrogen and oxygen atoms in total. The first-order valence-electron chi connectivity index (χ1n) is 5.14. The van der Waals surface area contributed by atoms with Gasteiger partial charge in [0.05, 0.1) is 6.26 Å². The summed E-state index contributed by atoms with van der Waals surface area (Å²) in [6.45, 7) is 0. The van der Waals surface area contributed by atoms with Gasteiger partial charge in [-0.15, -0.1) is 0 Å². The molecule has 0 saturated carbocycles. The van der Waals surface area contributed by atoms with Crippen molar-refractivity contribution in [1.82, 2.24) is 5.32 Å². The molecule has 0 saturated heterocycles. The van der Waals surface area contributed by atoms with Gasteiger partial charge in [0.1, 0.15) is 5.58 Å². The Bertz CT molecular complexity index is 504. The Labute approximate surface area is 93.4 Å². The number of nitrogens with two attached hydrogens (primary N) is 1. The number of para-hydroxylation sites is 1. The maximum Gasteiger partial charge on any atom is 0.221 e. The van der Waals surface area contributed by atoms with E-state index in [2.05, 4.69) is 5.32 Å². The molecule has 1 heterocycles. The summed E-state index contributed by atoms with van der Waals surface area (Å²) in [6, 6.07) is 7.32. The molecule has 0 aliphatic rings. The smallest absolute Gasteiger partial charge is 0.221 e. The van der Waals surface area contributed by atoms with Crippen LogP contribution in [0.25, 0.3) is 11.0 Å². The van der Waals surface area contributed by atoms with Crippen LogP contribution in [0.1, 0.15) is 18.0 Å². The fourth-order valence-electron chi connectivity index (χ4n) is 1.70. The third-order valence-corrected chi connectivity index (χ3v) is 2.59. The van der Waals surface area contributed by atoms with E-state index in [1.54, 1.807) is 13.3 Å². The minimum absolute atomic E-state index is 0.0715. The molecule has 0 aliphatic heterocycles. The highest BCUT2D eigenvalue weighted by Crippen LogP contribution is 2.26. The second-order valence-electron chi connectivity index (χ2n) is 3.67. The molecule has 0 fully saturated rings. The number of fused-ring (bicyclic) bond motifs is 1. The van der Waals surface area contributed by atoms with Crippen LogP contribution in [0.2, 0.25) is 0 Å². The van der Waals surface area contributed by atoms with E-state index in [-0.39, 0.29) is 18.4 Å². The van der Waals surface area contributed by atoms with Crippen LogP contribution in [0.5, 0.6) is 0 Å². The van der Waals surface area contributed by atoms with Crippen LogP contribution in [0, 0.1) is 0 Å². The average Bonchev–Trinajstić information content (AvgIpc) is 2.72. The Hall–Kier alpha value is -1.81. The molecule has 0 radical (unpaired) electrons. The van der Waals surface area contributed by atoms with Crippen molar-refractivity contribution in [2.24, 2.45) is 5.73 Å². The predicted octanol–water partition coefficient (Wildman–Crippen LogP) is 1.57. The first-order chi connectivity index (χ1) is 7.72. The molecule has 2 rings (SSSR count). The van der Waals surface area contributed by atoms with E-state index >= 15 is 0 Å². The van der Waals surface area contributed by atoms with Crippen molar-refractivity contribution < 1.29 is 9.21 Å². The molecule has 84 valence electrons. The van der Waals surface area contributed by atoms with Crippen molar-refractivity contribution in [2.45, 2.75) is 12.5 Å². The molecule has 3 N–H and O–H groups in total. The van der Waals surface area contributed by atoms with Crippen LogP contribution in [0.15, 0.2) is 34.9 Å². The summed E-state index contributed by atoms with van der Waals surface area (Å²) in [6.07, 6.45) is 1.89. The molecule has 4 heteroatoms. The number of amides is 1. The molecule has 1 aromatic carbocycles. The van der Waals surface area contributed by atoms with Crippen molar-refractivity contribution in [3.8, 4) is 0 Å². The fourth-order valence-corrected chi connectivity index (χ4v) is 1.70. The Kier molecular flexibility index (Phi) is 2.92. The maximum atomic E-state index is 11.2. The molecule has 1 unspecified atom stereocenters. The third-order valence-electron chi connectivity index (χ3n) is 2.59. The number of hydrogen-bond donors (Lipinski definition) is 2. The van der Waals surface area contributed by atoms with Crippen LogP contribution < -0.4 is 11.1 Å². The zero-order valence-electron chi connectivity index (χ0n) is 9.07. The average molecular weight is 218 g/mol. The van der Waals surface area contributed by atoms with E-state index in [0.29, 0.717) is 0 Å². The molecule has 2 aromatic rings. The summed E-state index contributed by atoms with van der Waals surface area (Å²) in [5, 5.41) is 3.53. The molecule has 0 aliphatic carbocycles. The Morgan fingerprint density at radius 3 is 3.00 bits per heavy atom. The normalized spacial score (nSPS) is 12.6. The lowest BCUT2D eigenvalue weighted by Gasteiger charge is -2.08. The van der Waals surface area contributed by atoms with Gasteiger partial charge in [0.25, 0.3) is 0 Å². The van der Waals surface area contributed by atoms with E-state index < -0.39 is 0 Å². The molecular formula is C12H14N2O2. The van der Waals surface area contributed by atoms with E-state index in [1.165, 1.54) is 0 Å².